The number of hydrogen-bond acceptors (Lipinski definition) is 5. The van der Waals surface area contributed by atoms with E-state index in [4.69, 9.17) is 0 Å². The quantitative estimate of drug-likeness (QED) is 0.479. The molecule has 0 aromatic rings. The summed E-state index contributed by atoms with van der Waals surface area (Å²) >= 11 is 0. The van der Waals surface area contributed by atoms with Gasteiger partial charge in [-0.15, -0.1) is 0 Å². The van der Waals surface area contributed by atoms with Crippen molar-refractivity contribution < 1.29 is 25.2 Å². The largest absolute Gasteiger partial charge is 0.390 e. The number of carbonyl (C=O) groups is 1. The summed E-state index contributed by atoms with van der Waals surface area (Å²) in [7, 11) is 0. The van der Waals surface area contributed by atoms with Gasteiger partial charge in [-0.25, -0.2) is 0 Å². The number of piperidine rings is 1. The van der Waals surface area contributed by atoms with Gasteiger partial charge in [0.1, 0.15) is 18.3 Å². The van der Waals surface area contributed by atoms with E-state index in [9.17, 15) is 25.2 Å². The second-order valence-corrected chi connectivity index (χ2v) is 11.4. The predicted molar refractivity (Wildman–Crippen MR) is 120 cm³/mol. The smallest absolute Gasteiger partial charge is 0.246 e. The van der Waals surface area contributed by atoms with Crippen LogP contribution in [0, 0.1) is 23.2 Å². The zero-order valence-electron chi connectivity index (χ0n) is 19.8. The molecule has 0 radical (unpaired) electrons. The van der Waals surface area contributed by atoms with Gasteiger partial charge >= 0.3 is 0 Å². The molecule has 2 saturated carbocycles. The molecule has 3 fully saturated rings. The van der Waals surface area contributed by atoms with Crippen molar-refractivity contribution in [3.63, 3.8) is 0 Å². The maximum Gasteiger partial charge on any atom is 0.246 e. The molecule has 6 nitrogen and oxygen atoms in total. The maximum absolute atomic E-state index is 12.9. The van der Waals surface area contributed by atoms with Crippen LogP contribution in [0.25, 0.3) is 0 Å². The molecule has 1 amide bonds. The molecule has 1 unspecified atom stereocenters. The van der Waals surface area contributed by atoms with Crippen LogP contribution in [-0.2, 0) is 4.79 Å². The Hall–Kier alpha value is -0.950. The minimum absolute atomic E-state index is 0.0592. The molecule has 1 saturated heterocycles. The molecule has 6 atom stereocenters. The highest BCUT2D eigenvalue weighted by molar-refractivity contribution is 5.88. The Morgan fingerprint density at radius 1 is 1.23 bits per heavy atom. The summed E-state index contributed by atoms with van der Waals surface area (Å²) in [6, 6.07) is 0. The second-order valence-electron chi connectivity index (χ2n) is 11.4. The van der Waals surface area contributed by atoms with Crippen molar-refractivity contribution in [3.05, 3.63) is 11.6 Å². The average Bonchev–Trinajstić information content (AvgIpc) is 3.02. The van der Waals surface area contributed by atoms with Crippen LogP contribution in [0.2, 0.25) is 0 Å². The summed E-state index contributed by atoms with van der Waals surface area (Å²) in [6.45, 7) is 8.63. The summed E-state index contributed by atoms with van der Waals surface area (Å²) in [5.41, 5.74) is 0.824. The first-order valence-corrected chi connectivity index (χ1v) is 12.2. The normalized spacial score (nSPS) is 37.2. The third-order valence-corrected chi connectivity index (χ3v) is 8.40. The van der Waals surface area contributed by atoms with E-state index in [1.165, 1.54) is 23.3 Å². The number of aliphatic hydroxyl groups excluding tert-OH is 3. The van der Waals surface area contributed by atoms with Crippen molar-refractivity contribution in [3.8, 4) is 0 Å². The van der Waals surface area contributed by atoms with Crippen molar-refractivity contribution in [1.29, 1.82) is 0 Å². The molecule has 0 aromatic carbocycles. The zero-order valence-corrected chi connectivity index (χ0v) is 19.8. The maximum atomic E-state index is 12.9. The fraction of sp³-hybridized carbons (Fsp3) is 0.880. The summed E-state index contributed by atoms with van der Waals surface area (Å²) < 4.78 is 0. The summed E-state index contributed by atoms with van der Waals surface area (Å²) in [4.78, 5) is 14.4. The molecule has 31 heavy (non-hydrogen) atoms. The van der Waals surface area contributed by atoms with Crippen molar-refractivity contribution in [2.75, 3.05) is 13.1 Å². The lowest BCUT2D eigenvalue weighted by atomic mass is 9.60. The van der Waals surface area contributed by atoms with Crippen LogP contribution in [0.1, 0.15) is 79.1 Å². The van der Waals surface area contributed by atoms with Gasteiger partial charge in [0.2, 0.25) is 5.91 Å². The number of aliphatic hydroxyl groups is 4. The van der Waals surface area contributed by atoms with Crippen LogP contribution in [0.3, 0.4) is 0 Å². The number of nitrogens with zero attached hydrogens (tertiary/aromatic N) is 1. The Labute approximate surface area is 187 Å². The summed E-state index contributed by atoms with van der Waals surface area (Å²) in [5.74, 6) is 1.48. The number of rotatable bonds is 6. The number of allylic oxidation sites excluding steroid dienone is 1. The topological polar surface area (TPSA) is 101 Å². The molecular formula is C25H43NO5. The van der Waals surface area contributed by atoms with E-state index >= 15 is 0 Å². The van der Waals surface area contributed by atoms with Crippen LogP contribution < -0.4 is 0 Å². The van der Waals surface area contributed by atoms with Gasteiger partial charge in [-0.2, -0.15) is 0 Å². The van der Waals surface area contributed by atoms with Crippen LogP contribution in [0.5, 0.6) is 0 Å². The minimum Gasteiger partial charge on any atom is -0.390 e. The zero-order chi connectivity index (χ0) is 23.0. The van der Waals surface area contributed by atoms with Crippen LogP contribution in [0.15, 0.2) is 11.6 Å². The van der Waals surface area contributed by atoms with E-state index in [1.807, 2.05) is 13.8 Å². The Morgan fingerprint density at radius 3 is 2.48 bits per heavy atom. The lowest BCUT2D eigenvalue weighted by Crippen LogP contribution is -2.56. The van der Waals surface area contributed by atoms with Gasteiger partial charge < -0.3 is 25.3 Å². The average molecular weight is 438 g/mol. The molecule has 0 bridgehead atoms. The Bertz CT molecular complexity index is 659. The Morgan fingerprint density at radius 2 is 1.87 bits per heavy atom. The van der Waals surface area contributed by atoms with Gasteiger partial charge in [0.05, 0.1) is 5.60 Å². The number of hydrogen-bond donors (Lipinski definition) is 4. The van der Waals surface area contributed by atoms with E-state index in [0.717, 1.165) is 38.5 Å². The standard InChI is InChI=1S/C25H43NO5/c1-16(7-5-11-24(2,3)31)18-9-10-19-17(8-6-12-25(18,19)4)13-22(29)26-14-20(27)23(30)21(28)15-26/h13,16,18-21,23,27-28,30-31H,5-12,14-15H2,1-4H3/b17-13+/t16-,18-,19?,20-,21-,25-/m1/s1. The van der Waals surface area contributed by atoms with Gasteiger partial charge in [0.25, 0.3) is 0 Å². The number of fused-ring (bicyclic) bond motifs is 1. The summed E-state index contributed by atoms with van der Waals surface area (Å²) in [6.07, 6.45) is 6.86. The van der Waals surface area contributed by atoms with E-state index < -0.39 is 23.9 Å². The molecule has 1 heterocycles. The number of amides is 1. The highest BCUT2D eigenvalue weighted by Crippen LogP contribution is 2.59. The summed E-state index contributed by atoms with van der Waals surface area (Å²) in [5, 5.41) is 39.6. The van der Waals surface area contributed by atoms with Gasteiger partial charge in [0, 0.05) is 19.2 Å². The SMILES string of the molecule is C[C@H](CCCC(C)(C)O)[C@H]1CCC2/C(=C/C(=O)N3C[C@@H](O)C(O)[C@H](O)C3)CCC[C@@]21C. The third kappa shape index (κ3) is 5.52. The fourth-order valence-electron chi connectivity index (χ4n) is 6.67. The van der Waals surface area contributed by atoms with Gasteiger partial charge in [-0.1, -0.05) is 32.3 Å². The van der Waals surface area contributed by atoms with E-state index in [1.54, 1.807) is 6.08 Å². The van der Waals surface area contributed by atoms with Crippen LogP contribution >= 0.6 is 0 Å². The van der Waals surface area contributed by atoms with Crippen LogP contribution in [0.4, 0.5) is 0 Å². The predicted octanol–water partition coefficient (Wildman–Crippen LogP) is 2.63. The molecule has 1 aliphatic heterocycles. The number of likely N-dealkylation sites (tertiary alicyclic amines) is 1. The van der Waals surface area contributed by atoms with Gasteiger partial charge in [0.15, 0.2) is 0 Å². The molecule has 6 heteroatoms. The first kappa shape index (κ1) is 24.7. The van der Waals surface area contributed by atoms with E-state index in [-0.39, 0.29) is 24.4 Å². The van der Waals surface area contributed by atoms with Gasteiger partial charge in [-0.3, -0.25) is 4.79 Å². The first-order valence-electron chi connectivity index (χ1n) is 12.2. The fourth-order valence-corrected chi connectivity index (χ4v) is 6.67. The highest BCUT2D eigenvalue weighted by atomic mass is 16.4. The minimum atomic E-state index is -1.19. The van der Waals surface area contributed by atoms with E-state index in [2.05, 4.69) is 13.8 Å². The Kier molecular flexibility index (Phi) is 7.57. The lowest BCUT2D eigenvalue weighted by molar-refractivity contribution is -0.144. The van der Waals surface area contributed by atoms with Crippen molar-refractivity contribution in [2.45, 2.75) is 103 Å². The molecule has 4 N–H and O–H groups in total. The third-order valence-electron chi connectivity index (χ3n) is 8.40. The van der Waals surface area contributed by atoms with Crippen molar-refractivity contribution >= 4 is 5.91 Å². The molecule has 0 spiro atoms. The van der Waals surface area contributed by atoms with Gasteiger partial charge in [-0.05, 0) is 75.5 Å². The highest BCUT2D eigenvalue weighted by Gasteiger charge is 2.50. The van der Waals surface area contributed by atoms with Crippen LogP contribution in [-0.4, -0.2) is 68.2 Å². The Balaban J connectivity index is 1.67. The number of carbonyl (C=O) groups excluding carboxylic acids is 1. The number of β-amino-alcohol motifs (C(OH)–C–C–N with tert-alkyl or cyclic N) is 2. The van der Waals surface area contributed by atoms with Crippen molar-refractivity contribution in [1.82, 2.24) is 4.90 Å². The second kappa shape index (κ2) is 9.50. The molecule has 3 rings (SSSR count). The monoisotopic (exact) mass is 437 g/mol. The molecule has 178 valence electrons. The molecule has 2 aliphatic carbocycles. The molecular weight excluding hydrogens is 394 g/mol. The van der Waals surface area contributed by atoms with E-state index in [0.29, 0.717) is 17.8 Å². The molecule has 3 aliphatic rings. The first-order chi connectivity index (χ1) is 14.4. The lowest BCUT2D eigenvalue weighted by Gasteiger charge is -2.44. The molecule has 0 aromatic heterocycles. The van der Waals surface area contributed by atoms with Crippen molar-refractivity contribution in [2.24, 2.45) is 23.2 Å².